The van der Waals surface area contributed by atoms with Crippen LogP contribution in [0.25, 0.3) is 0 Å². The monoisotopic (exact) mass is 217 g/mol. The van der Waals surface area contributed by atoms with Crippen LogP contribution in [0.4, 0.5) is 0 Å². The molecule has 0 radical (unpaired) electrons. The highest BCUT2D eigenvalue weighted by Crippen LogP contribution is 2.02. The maximum absolute atomic E-state index is 5.45. The van der Waals surface area contributed by atoms with Gasteiger partial charge in [-0.2, -0.15) is 0 Å². The van der Waals surface area contributed by atoms with Crippen LogP contribution in [0.15, 0.2) is 0 Å². The topological polar surface area (TPSA) is 30.5 Å². The lowest BCUT2D eigenvalue weighted by Crippen LogP contribution is -2.38. The van der Waals surface area contributed by atoms with E-state index in [1.807, 2.05) is 6.92 Å². The van der Waals surface area contributed by atoms with Crippen molar-refractivity contribution in [2.75, 3.05) is 33.5 Å². The van der Waals surface area contributed by atoms with Crippen LogP contribution in [0.3, 0.4) is 0 Å². The van der Waals surface area contributed by atoms with Crippen molar-refractivity contribution in [1.82, 2.24) is 5.32 Å². The first-order valence-electron chi connectivity index (χ1n) is 6.02. The van der Waals surface area contributed by atoms with E-state index in [-0.39, 0.29) is 0 Å². The third-order valence-corrected chi connectivity index (χ3v) is 2.49. The molecular formula is C12H27NO2. The van der Waals surface area contributed by atoms with Gasteiger partial charge in [0.25, 0.3) is 0 Å². The minimum absolute atomic E-state index is 0.479. The highest BCUT2D eigenvalue weighted by atomic mass is 16.5. The summed E-state index contributed by atoms with van der Waals surface area (Å²) >= 11 is 0. The molecule has 0 saturated heterocycles. The van der Waals surface area contributed by atoms with Crippen LogP contribution >= 0.6 is 0 Å². The van der Waals surface area contributed by atoms with Crippen molar-refractivity contribution in [2.24, 2.45) is 5.92 Å². The Balaban J connectivity index is 3.48. The number of hydrogen-bond donors (Lipinski definition) is 1. The molecule has 0 amide bonds. The van der Waals surface area contributed by atoms with Crippen molar-refractivity contribution in [3.8, 4) is 0 Å². The lowest BCUT2D eigenvalue weighted by Gasteiger charge is -2.22. The molecule has 0 aromatic carbocycles. The van der Waals surface area contributed by atoms with E-state index >= 15 is 0 Å². The number of hydrogen-bond acceptors (Lipinski definition) is 3. The molecule has 92 valence electrons. The lowest BCUT2D eigenvalue weighted by atomic mass is 10.1. The number of unbranched alkanes of at least 4 members (excludes halogenated alkanes) is 1. The normalized spacial score (nSPS) is 13.4. The Labute approximate surface area is 94.5 Å². The second kappa shape index (κ2) is 10.4. The highest BCUT2D eigenvalue weighted by molar-refractivity contribution is 4.69. The molecule has 1 atom stereocenters. The van der Waals surface area contributed by atoms with E-state index in [4.69, 9.17) is 9.47 Å². The molecule has 0 aromatic heterocycles. The summed E-state index contributed by atoms with van der Waals surface area (Å²) in [6.45, 7) is 10.0. The Morgan fingerprint density at radius 2 is 1.93 bits per heavy atom. The maximum atomic E-state index is 5.45. The fraction of sp³-hybridized carbons (Fsp3) is 1.00. The van der Waals surface area contributed by atoms with E-state index < -0.39 is 0 Å². The van der Waals surface area contributed by atoms with Crippen LogP contribution in [0, 0.1) is 5.92 Å². The van der Waals surface area contributed by atoms with Gasteiger partial charge in [-0.25, -0.2) is 0 Å². The third-order valence-electron chi connectivity index (χ3n) is 2.49. The third kappa shape index (κ3) is 8.85. The zero-order valence-corrected chi connectivity index (χ0v) is 10.7. The molecule has 0 rings (SSSR count). The molecule has 15 heavy (non-hydrogen) atoms. The second-order valence-electron chi connectivity index (χ2n) is 4.16. The van der Waals surface area contributed by atoms with Gasteiger partial charge < -0.3 is 14.8 Å². The van der Waals surface area contributed by atoms with Crippen LogP contribution in [-0.4, -0.2) is 39.5 Å². The fourth-order valence-corrected chi connectivity index (χ4v) is 1.39. The standard InChI is InChI=1S/C12H27NO2/c1-5-15-10-12(11(2)3)13-8-6-7-9-14-4/h11-13H,5-10H2,1-4H3. The largest absolute Gasteiger partial charge is 0.385 e. The Hall–Kier alpha value is -0.120. The van der Waals surface area contributed by atoms with Crippen molar-refractivity contribution in [3.63, 3.8) is 0 Å². The molecule has 1 N–H and O–H groups in total. The van der Waals surface area contributed by atoms with E-state index in [0.717, 1.165) is 32.8 Å². The van der Waals surface area contributed by atoms with Gasteiger partial charge in [0.1, 0.15) is 0 Å². The molecule has 0 heterocycles. The average molecular weight is 217 g/mol. The van der Waals surface area contributed by atoms with Gasteiger partial charge in [0, 0.05) is 26.4 Å². The fourth-order valence-electron chi connectivity index (χ4n) is 1.39. The maximum Gasteiger partial charge on any atom is 0.0621 e. The lowest BCUT2D eigenvalue weighted by molar-refractivity contribution is 0.108. The second-order valence-corrected chi connectivity index (χ2v) is 4.16. The summed E-state index contributed by atoms with van der Waals surface area (Å²) in [6.07, 6.45) is 2.30. The molecule has 0 aliphatic heterocycles. The molecule has 0 aliphatic carbocycles. The van der Waals surface area contributed by atoms with Crippen molar-refractivity contribution in [2.45, 2.75) is 39.7 Å². The molecule has 1 unspecified atom stereocenters. The van der Waals surface area contributed by atoms with Gasteiger partial charge in [-0.15, -0.1) is 0 Å². The first-order chi connectivity index (χ1) is 7.22. The molecule has 0 fully saturated rings. The zero-order valence-electron chi connectivity index (χ0n) is 10.7. The van der Waals surface area contributed by atoms with E-state index in [1.54, 1.807) is 7.11 Å². The Kier molecular flexibility index (Phi) is 10.3. The highest BCUT2D eigenvalue weighted by Gasteiger charge is 2.11. The van der Waals surface area contributed by atoms with Gasteiger partial charge in [0.15, 0.2) is 0 Å². The molecule has 3 nitrogen and oxygen atoms in total. The number of ether oxygens (including phenoxy) is 2. The summed E-state index contributed by atoms with van der Waals surface area (Å²) in [5.74, 6) is 0.624. The molecule has 0 spiro atoms. The molecule has 3 heteroatoms. The van der Waals surface area contributed by atoms with Crippen molar-refractivity contribution in [1.29, 1.82) is 0 Å². The van der Waals surface area contributed by atoms with Crippen molar-refractivity contribution >= 4 is 0 Å². The first-order valence-corrected chi connectivity index (χ1v) is 6.02. The number of rotatable bonds is 10. The summed E-state index contributed by atoms with van der Waals surface area (Å²) in [5.41, 5.74) is 0. The summed E-state index contributed by atoms with van der Waals surface area (Å²) in [6, 6.07) is 0.479. The average Bonchev–Trinajstić information content (AvgIpc) is 2.21. The van der Waals surface area contributed by atoms with Crippen molar-refractivity contribution < 1.29 is 9.47 Å². The smallest absolute Gasteiger partial charge is 0.0621 e. The summed E-state index contributed by atoms with van der Waals surface area (Å²) in [4.78, 5) is 0. The number of methoxy groups -OCH3 is 1. The summed E-state index contributed by atoms with van der Waals surface area (Å²) < 4.78 is 10.5. The molecule has 0 aromatic rings. The van der Waals surface area contributed by atoms with Gasteiger partial charge in [0.2, 0.25) is 0 Å². The Morgan fingerprint density at radius 3 is 2.47 bits per heavy atom. The SMILES string of the molecule is CCOCC(NCCCCOC)C(C)C. The van der Waals surface area contributed by atoms with Crippen LogP contribution < -0.4 is 5.32 Å². The number of nitrogens with one attached hydrogen (secondary N) is 1. The van der Waals surface area contributed by atoms with Crippen LogP contribution in [0.5, 0.6) is 0 Å². The quantitative estimate of drug-likeness (QED) is 0.568. The van der Waals surface area contributed by atoms with Gasteiger partial charge in [-0.1, -0.05) is 13.8 Å². The van der Waals surface area contributed by atoms with Gasteiger partial charge in [-0.05, 0) is 32.2 Å². The van der Waals surface area contributed by atoms with E-state index in [9.17, 15) is 0 Å². The molecule has 0 bridgehead atoms. The van der Waals surface area contributed by atoms with Crippen LogP contribution in [0.1, 0.15) is 33.6 Å². The molecule has 0 aliphatic rings. The van der Waals surface area contributed by atoms with Gasteiger partial charge in [0.05, 0.1) is 6.61 Å². The Morgan fingerprint density at radius 1 is 1.20 bits per heavy atom. The van der Waals surface area contributed by atoms with E-state index in [2.05, 4.69) is 19.2 Å². The van der Waals surface area contributed by atoms with Gasteiger partial charge >= 0.3 is 0 Å². The molecule has 0 saturated carbocycles. The van der Waals surface area contributed by atoms with Crippen LogP contribution in [-0.2, 0) is 9.47 Å². The Bertz CT molecular complexity index is 129. The minimum atomic E-state index is 0.479. The van der Waals surface area contributed by atoms with E-state index in [1.165, 1.54) is 6.42 Å². The predicted molar refractivity (Wildman–Crippen MR) is 64.2 cm³/mol. The first kappa shape index (κ1) is 14.9. The molecular weight excluding hydrogens is 190 g/mol. The van der Waals surface area contributed by atoms with Gasteiger partial charge in [-0.3, -0.25) is 0 Å². The zero-order chi connectivity index (χ0) is 11.5. The summed E-state index contributed by atoms with van der Waals surface area (Å²) in [7, 11) is 1.75. The predicted octanol–water partition coefficient (Wildman–Crippen LogP) is 2.06. The van der Waals surface area contributed by atoms with Crippen molar-refractivity contribution in [3.05, 3.63) is 0 Å². The van der Waals surface area contributed by atoms with Crippen LogP contribution in [0.2, 0.25) is 0 Å². The minimum Gasteiger partial charge on any atom is -0.385 e. The summed E-state index contributed by atoms with van der Waals surface area (Å²) in [5, 5.41) is 3.53. The van der Waals surface area contributed by atoms with E-state index in [0.29, 0.717) is 12.0 Å².